The van der Waals surface area contributed by atoms with Crippen molar-refractivity contribution in [3.05, 3.63) is 29.5 Å². The molecule has 26 heavy (non-hydrogen) atoms. The zero-order valence-electron chi connectivity index (χ0n) is 14.9. The fourth-order valence-corrected chi connectivity index (χ4v) is 2.76. The van der Waals surface area contributed by atoms with Crippen LogP contribution in [-0.4, -0.2) is 60.9 Å². The molecule has 8 nitrogen and oxygen atoms in total. The summed E-state index contributed by atoms with van der Waals surface area (Å²) < 4.78 is 10.5. The second-order valence-corrected chi connectivity index (χ2v) is 5.88. The molecule has 0 spiro atoms. The molecule has 0 saturated carbocycles. The van der Waals surface area contributed by atoms with Crippen molar-refractivity contribution in [1.82, 2.24) is 15.2 Å². The van der Waals surface area contributed by atoms with Crippen LogP contribution >= 0.6 is 0 Å². The highest BCUT2D eigenvalue weighted by Gasteiger charge is 2.22. The van der Waals surface area contributed by atoms with Gasteiger partial charge in [0.2, 0.25) is 0 Å². The van der Waals surface area contributed by atoms with Gasteiger partial charge in [-0.2, -0.15) is 5.10 Å². The second kappa shape index (κ2) is 8.47. The van der Waals surface area contributed by atoms with Gasteiger partial charge in [0.25, 0.3) is 0 Å². The van der Waals surface area contributed by atoms with Crippen molar-refractivity contribution in [1.29, 1.82) is 5.41 Å². The maximum absolute atomic E-state index is 7.83. The van der Waals surface area contributed by atoms with Gasteiger partial charge in [-0.3, -0.25) is 5.10 Å². The van der Waals surface area contributed by atoms with E-state index in [9.17, 15) is 0 Å². The van der Waals surface area contributed by atoms with E-state index in [1.807, 2.05) is 6.07 Å². The molecule has 2 aromatic rings. The van der Waals surface area contributed by atoms with Crippen LogP contribution < -0.4 is 10.2 Å². The summed E-state index contributed by atoms with van der Waals surface area (Å²) in [4.78, 5) is 6.93. The van der Waals surface area contributed by atoms with Crippen LogP contribution in [0, 0.1) is 17.3 Å². The van der Waals surface area contributed by atoms with Crippen LogP contribution in [0.5, 0.6) is 0 Å². The lowest BCUT2D eigenvalue weighted by atomic mass is 10.1. The Labute approximate surface area is 152 Å². The predicted molar refractivity (Wildman–Crippen MR) is 100 cm³/mol. The zero-order valence-corrected chi connectivity index (χ0v) is 14.9. The highest BCUT2D eigenvalue weighted by molar-refractivity contribution is 5.90. The Balaban J connectivity index is 2.05. The van der Waals surface area contributed by atoms with E-state index in [4.69, 9.17) is 19.9 Å². The van der Waals surface area contributed by atoms with Gasteiger partial charge < -0.3 is 25.1 Å². The van der Waals surface area contributed by atoms with E-state index < -0.39 is 0 Å². The summed E-state index contributed by atoms with van der Waals surface area (Å²) in [6.07, 6.45) is 2.91. The Hall–Kier alpha value is -2.89. The molecule has 0 amide bonds. The molecule has 0 bridgehead atoms. The van der Waals surface area contributed by atoms with Crippen molar-refractivity contribution >= 4 is 23.7 Å². The molecule has 0 aromatic carbocycles. The SMILES string of the molecule is COCC#Cc1cc(N2CCOC[C@H]2C)nc(Nc2ccn[nH]2)c1C=N. The molecule has 0 unspecified atom stereocenters. The van der Waals surface area contributed by atoms with Gasteiger partial charge in [0.15, 0.2) is 0 Å². The van der Waals surface area contributed by atoms with E-state index in [-0.39, 0.29) is 6.04 Å². The van der Waals surface area contributed by atoms with Gasteiger partial charge in [-0.1, -0.05) is 11.8 Å². The lowest BCUT2D eigenvalue weighted by Crippen LogP contribution is -2.44. The van der Waals surface area contributed by atoms with Crippen molar-refractivity contribution in [3.8, 4) is 11.8 Å². The van der Waals surface area contributed by atoms with E-state index in [0.29, 0.717) is 37.0 Å². The first kappa shape index (κ1) is 17.9. The topological polar surface area (TPSA) is 99.2 Å². The number of hydrogen-bond donors (Lipinski definition) is 3. The van der Waals surface area contributed by atoms with Gasteiger partial charge in [-0.05, 0) is 13.0 Å². The molecule has 8 heteroatoms. The molecule has 2 aromatic heterocycles. The molecule has 1 fully saturated rings. The standard InChI is InChI=1S/C18H22N6O2/c1-13-12-26-9-7-24(13)17-10-14(4-3-8-25-2)15(11-19)18(22-17)21-16-5-6-20-23-16/h5-6,10-11,13,19H,7-9,12H2,1-2H3,(H2,20,21,22,23)/t13-/m1/s1. The molecule has 3 rings (SSSR count). The number of aromatic amines is 1. The molecule has 0 radical (unpaired) electrons. The summed E-state index contributed by atoms with van der Waals surface area (Å²) in [5.74, 6) is 8.10. The zero-order chi connectivity index (χ0) is 18.4. The lowest BCUT2D eigenvalue weighted by molar-refractivity contribution is 0.0985. The molecule has 0 aliphatic carbocycles. The minimum absolute atomic E-state index is 0.210. The van der Waals surface area contributed by atoms with Crippen molar-refractivity contribution in [3.63, 3.8) is 0 Å². The van der Waals surface area contributed by atoms with Gasteiger partial charge in [0.05, 0.1) is 31.0 Å². The second-order valence-electron chi connectivity index (χ2n) is 5.88. The Bertz CT molecular complexity index is 809. The number of rotatable bonds is 5. The molecule has 136 valence electrons. The van der Waals surface area contributed by atoms with E-state index in [1.165, 1.54) is 6.21 Å². The molecule has 1 atom stereocenters. The number of nitrogens with one attached hydrogen (secondary N) is 3. The number of ether oxygens (including phenoxy) is 2. The molecule has 1 aliphatic rings. The number of H-pyrrole nitrogens is 1. The fraction of sp³-hybridized carbons (Fsp3) is 0.389. The third-order valence-electron chi connectivity index (χ3n) is 4.04. The van der Waals surface area contributed by atoms with Crippen LogP contribution in [0.15, 0.2) is 18.3 Å². The van der Waals surface area contributed by atoms with Crippen LogP contribution in [0.4, 0.5) is 17.5 Å². The Kier molecular flexibility index (Phi) is 5.84. The average Bonchev–Trinajstić information content (AvgIpc) is 3.15. The van der Waals surface area contributed by atoms with Crippen molar-refractivity contribution in [2.75, 3.05) is 43.7 Å². The largest absolute Gasteiger partial charge is 0.377 e. The number of pyridine rings is 1. The third kappa shape index (κ3) is 4.02. The van der Waals surface area contributed by atoms with Crippen LogP contribution in [0.1, 0.15) is 18.1 Å². The fourth-order valence-electron chi connectivity index (χ4n) is 2.76. The van der Waals surface area contributed by atoms with Gasteiger partial charge in [0.1, 0.15) is 24.1 Å². The number of aromatic nitrogens is 3. The number of anilines is 3. The molecule has 1 aliphatic heterocycles. The van der Waals surface area contributed by atoms with Gasteiger partial charge >= 0.3 is 0 Å². The van der Waals surface area contributed by atoms with Crippen LogP contribution in [0.3, 0.4) is 0 Å². The quantitative estimate of drug-likeness (QED) is 0.559. The number of methoxy groups -OCH3 is 1. The van der Waals surface area contributed by atoms with Crippen molar-refractivity contribution < 1.29 is 9.47 Å². The van der Waals surface area contributed by atoms with Crippen LogP contribution in [0.2, 0.25) is 0 Å². The summed E-state index contributed by atoms with van der Waals surface area (Å²) in [7, 11) is 1.60. The molecule has 3 N–H and O–H groups in total. The van der Waals surface area contributed by atoms with Crippen LogP contribution in [-0.2, 0) is 9.47 Å². The first-order valence-corrected chi connectivity index (χ1v) is 8.37. The first-order valence-electron chi connectivity index (χ1n) is 8.37. The molecular weight excluding hydrogens is 332 g/mol. The monoisotopic (exact) mass is 354 g/mol. The predicted octanol–water partition coefficient (Wildman–Crippen LogP) is 1.77. The van der Waals surface area contributed by atoms with Gasteiger partial charge in [-0.15, -0.1) is 0 Å². The Morgan fingerprint density at radius 2 is 2.46 bits per heavy atom. The van der Waals surface area contributed by atoms with E-state index in [0.717, 1.165) is 17.9 Å². The first-order chi connectivity index (χ1) is 12.7. The molecular formula is C18H22N6O2. The van der Waals surface area contributed by atoms with Crippen molar-refractivity contribution in [2.45, 2.75) is 13.0 Å². The number of morpholine rings is 1. The summed E-state index contributed by atoms with van der Waals surface area (Å²) in [5, 5.41) is 17.8. The van der Waals surface area contributed by atoms with Crippen molar-refractivity contribution in [2.24, 2.45) is 0 Å². The van der Waals surface area contributed by atoms with E-state index >= 15 is 0 Å². The molecule has 3 heterocycles. The Morgan fingerprint density at radius 1 is 1.58 bits per heavy atom. The number of nitrogens with zero attached hydrogens (tertiary/aromatic N) is 3. The maximum Gasteiger partial charge on any atom is 0.144 e. The summed E-state index contributed by atoms with van der Waals surface area (Å²) in [6.45, 7) is 4.50. The smallest absolute Gasteiger partial charge is 0.144 e. The maximum atomic E-state index is 7.83. The summed E-state index contributed by atoms with van der Waals surface area (Å²) in [6, 6.07) is 3.93. The van der Waals surface area contributed by atoms with Crippen LogP contribution in [0.25, 0.3) is 0 Å². The van der Waals surface area contributed by atoms with E-state index in [2.05, 4.69) is 39.2 Å². The minimum atomic E-state index is 0.210. The molecule has 1 saturated heterocycles. The average molecular weight is 354 g/mol. The lowest BCUT2D eigenvalue weighted by Gasteiger charge is -2.34. The highest BCUT2D eigenvalue weighted by atomic mass is 16.5. The normalized spacial score (nSPS) is 16.7. The minimum Gasteiger partial charge on any atom is -0.377 e. The summed E-state index contributed by atoms with van der Waals surface area (Å²) >= 11 is 0. The highest BCUT2D eigenvalue weighted by Crippen LogP contribution is 2.26. The number of hydrogen-bond acceptors (Lipinski definition) is 7. The summed E-state index contributed by atoms with van der Waals surface area (Å²) in [5.41, 5.74) is 1.34. The van der Waals surface area contributed by atoms with E-state index in [1.54, 1.807) is 19.4 Å². The van der Waals surface area contributed by atoms with Gasteiger partial charge in [0, 0.05) is 31.5 Å². The van der Waals surface area contributed by atoms with Gasteiger partial charge in [-0.25, -0.2) is 4.98 Å². The Morgan fingerprint density at radius 3 is 3.15 bits per heavy atom. The third-order valence-corrected chi connectivity index (χ3v) is 4.04.